The van der Waals surface area contributed by atoms with Gasteiger partial charge >= 0.3 is 7.60 Å². The Hall–Kier alpha value is -1.63. The van der Waals surface area contributed by atoms with Gasteiger partial charge in [-0.05, 0) is 42.5 Å². The number of anilines is 1. The molecule has 0 amide bonds. The second kappa shape index (κ2) is 9.02. The van der Waals surface area contributed by atoms with E-state index in [1.165, 1.54) is 23.7 Å². The van der Waals surface area contributed by atoms with E-state index in [2.05, 4.69) is 18.8 Å². The van der Waals surface area contributed by atoms with E-state index in [1.54, 1.807) is 18.2 Å². The zero-order chi connectivity index (χ0) is 21.2. The van der Waals surface area contributed by atoms with Crippen LogP contribution in [0.25, 0.3) is 11.5 Å². The maximum Gasteiger partial charge on any atom is 0.363 e. The van der Waals surface area contributed by atoms with Crippen LogP contribution in [0.4, 0.5) is 5.13 Å². The molecule has 0 bridgehead atoms. The number of rotatable bonds is 8. The molecule has 9 heteroatoms. The Morgan fingerprint density at radius 3 is 2.79 bits per heavy atom. The van der Waals surface area contributed by atoms with Crippen LogP contribution in [-0.4, -0.2) is 9.88 Å². The molecule has 156 valence electrons. The number of nitrogens with two attached hydrogens (primary N) is 1. The number of furan rings is 1. The maximum atomic E-state index is 13.2. The van der Waals surface area contributed by atoms with Gasteiger partial charge in [-0.1, -0.05) is 44.5 Å². The standard InChI is InChI=1S/C20H24ClN2O4PS/c1-4-15(13-6-5-7-14(21)11-13)27-28(24,25)16-8-9-26-19(16)18-17(10-12(2)3)29-20(22)23-18/h5-9,11-12,15H,4,10H2,1-3H3,(H2,22,23)(H,24,25). The van der Waals surface area contributed by atoms with E-state index < -0.39 is 13.7 Å². The van der Waals surface area contributed by atoms with Gasteiger partial charge in [0.2, 0.25) is 0 Å². The number of hydrogen-bond acceptors (Lipinski definition) is 6. The average molecular weight is 455 g/mol. The summed E-state index contributed by atoms with van der Waals surface area (Å²) in [5, 5.41) is 1.00. The Morgan fingerprint density at radius 1 is 1.38 bits per heavy atom. The van der Waals surface area contributed by atoms with Crippen LogP contribution in [0.1, 0.15) is 43.7 Å². The van der Waals surface area contributed by atoms with E-state index in [0.717, 1.165) is 16.9 Å². The molecule has 2 heterocycles. The van der Waals surface area contributed by atoms with Gasteiger partial charge in [-0.25, -0.2) is 4.98 Å². The van der Waals surface area contributed by atoms with Crippen molar-refractivity contribution in [2.24, 2.45) is 5.92 Å². The first-order valence-corrected chi connectivity index (χ1v) is 12.1. The van der Waals surface area contributed by atoms with Crippen LogP contribution in [0, 0.1) is 5.92 Å². The summed E-state index contributed by atoms with van der Waals surface area (Å²) in [5.41, 5.74) is 7.13. The lowest BCUT2D eigenvalue weighted by atomic mass is 10.1. The molecule has 0 aliphatic heterocycles. The third-order valence-electron chi connectivity index (χ3n) is 4.33. The molecule has 1 aromatic carbocycles. The summed E-state index contributed by atoms with van der Waals surface area (Å²) in [6, 6.07) is 8.53. The Bertz CT molecular complexity index is 1030. The highest BCUT2D eigenvalue weighted by molar-refractivity contribution is 7.61. The molecule has 2 atom stereocenters. The van der Waals surface area contributed by atoms with Crippen molar-refractivity contribution in [2.45, 2.75) is 39.7 Å². The Labute approximate surface area is 179 Å². The molecule has 0 fully saturated rings. The van der Waals surface area contributed by atoms with E-state index in [9.17, 15) is 9.46 Å². The zero-order valence-corrected chi connectivity index (χ0v) is 18.9. The number of aromatic nitrogens is 1. The van der Waals surface area contributed by atoms with Gasteiger partial charge in [-0.2, -0.15) is 0 Å². The van der Waals surface area contributed by atoms with Crippen molar-refractivity contribution < 1.29 is 18.4 Å². The van der Waals surface area contributed by atoms with Gasteiger partial charge in [0.15, 0.2) is 10.9 Å². The fourth-order valence-electron chi connectivity index (χ4n) is 3.07. The van der Waals surface area contributed by atoms with E-state index in [-0.39, 0.29) is 11.1 Å². The number of hydrogen-bond donors (Lipinski definition) is 2. The highest BCUT2D eigenvalue weighted by Crippen LogP contribution is 2.50. The summed E-state index contributed by atoms with van der Waals surface area (Å²) in [5.74, 6) is 0.594. The molecule has 6 nitrogen and oxygen atoms in total. The molecule has 0 saturated heterocycles. The summed E-state index contributed by atoms with van der Waals surface area (Å²) in [7, 11) is -4.21. The minimum absolute atomic E-state index is 0.0771. The average Bonchev–Trinajstić information content (AvgIpc) is 3.26. The predicted molar refractivity (Wildman–Crippen MR) is 118 cm³/mol. The van der Waals surface area contributed by atoms with E-state index >= 15 is 0 Å². The summed E-state index contributed by atoms with van der Waals surface area (Å²) < 4.78 is 24.5. The summed E-state index contributed by atoms with van der Waals surface area (Å²) in [6.07, 6.45) is 2.01. The maximum absolute atomic E-state index is 13.2. The number of benzene rings is 1. The second-order valence-corrected chi connectivity index (χ2v) is 10.4. The second-order valence-electron chi connectivity index (χ2n) is 7.13. The SMILES string of the molecule is CCC(OP(=O)(O)c1ccoc1-c1nc(N)sc1CC(C)C)c1cccc(Cl)c1. The van der Waals surface area contributed by atoms with Gasteiger partial charge in [-0.3, -0.25) is 9.09 Å². The minimum atomic E-state index is -4.21. The zero-order valence-electron chi connectivity index (χ0n) is 16.5. The molecule has 0 aliphatic rings. The van der Waals surface area contributed by atoms with Crippen molar-refractivity contribution in [3.8, 4) is 11.5 Å². The molecule has 3 aromatic rings. The van der Waals surface area contributed by atoms with Gasteiger partial charge in [0.25, 0.3) is 0 Å². The Kier molecular flexibility index (Phi) is 6.87. The minimum Gasteiger partial charge on any atom is -0.462 e. The van der Waals surface area contributed by atoms with E-state index in [0.29, 0.717) is 28.2 Å². The topological polar surface area (TPSA) is 98.6 Å². The van der Waals surface area contributed by atoms with Crippen molar-refractivity contribution in [2.75, 3.05) is 5.73 Å². The van der Waals surface area contributed by atoms with Crippen LogP contribution < -0.4 is 11.0 Å². The Morgan fingerprint density at radius 2 is 2.14 bits per heavy atom. The van der Waals surface area contributed by atoms with Gasteiger partial charge in [-0.15, -0.1) is 11.3 Å². The number of nitrogen functional groups attached to an aromatic ring is 1. The van der Waals surface area contributed by atoms with Crippen LogP contribution in [-0.2, 0) is 15.5 Å². The molecule has 0 aliphatic carbocycles. The Balaban J connectivity index is 1.96. The molecule has 0 saturated carbocycles. The van der Waals surface area contributed by atoms with Gasteiger partial charge in [0.05, 0.1) is 12.4 Å². The number of nitrogens with zero attached hydrogens (tertiary/aromatic N) is 1. The molecule has 29 heavy (non-hydrogen) atoms. The smallest absolute Gasteiger partial charge is 0.363 e. The monoisotopic (exact) mass is 454 g/mol. The quantitative estimate of drug-likeness (QED) is 0.416. The first-order chi connectivity index (χ1) is 13.7. The lowest BCUT2D eigenvalue weighted by Crippen LogP contribution is -2.12. The van der Waals surface area contributed by atoms with Crippen molar-refractivity contribution in [3.05, 3.63) is 52.1 Å². The van der Waals surface area contributed by atoms with Crippen molar-refractivity contribution >= 4 is 41.0 Å². The van der Waals surface area contributed by atoms with Crippen LogP contribution in [0.5, 0.6) is 0 Å². The lowest BCUT2D eigenvalue weighted by molar-refractivity contribution is 0.178. The summed E-state index contributed by atoms with van der Waals surface area (Å²) >= 11 is 7.42. The molecule has 2 aromatic heterocycles. The van der Waals surface area contributed by atoms with E-state index in [4.69, 9.17) is 26.3 Å². The van der Waals surface area contributed by atoms with Crippen LogP contribution in [0.3, 0.4) is 0 Å². The third-order valence-corrected chi connectivity index (χ3v) is 6.98. The largest absolute Gasteiger partial charge is 0.462 e. The van der Waals surface area contributed by atoms with Gasteiger partial charge < -0.3 is 15.0 Å². The highest BCUT2D eigenvalue weighted by Gasteiger charge is 2.34. The van der Waals surface area contributed by atoms with Gasteiger partial charge in [0, 0.05) is 9.90 Å². The molecule has 0 radical (unpaired) electrons. The highest BCUT2D eigenvalue weighted by atomic mass is 35.5. The molecule has 3 N–H and O–H groups in total. The summed E-state index contributed by atoms with van der Waals surface area (Å²) in [6.45, 7) is 6.04. The lowest BCUT2D eigenvalue weighted by Gasteiger charge is -2.20. The van der Waals surface area contributed by atoms with Crippen molar-refractivity contribution in [1.82, 2.24) is 4.98 Å². The first kappa shape index (κ1) is 22.1. The third kappa shape index (κ3) is 5.11. The fourth-order valence-corrected chi connectivity index (χ4v) is 5.70. The number of halogens is 1. The first-order valence-electron chi connectivity index (χ1n) is 9.31. The van der Waals surface area contributed by atoms with E-state index in [1.807, 2.05) is 13.0 Å². The molecule has 0 spiro atoms. The summed E-state index contributed by atoms with van der Waals surface area (Å²) in [4.78, 5) is 16.1. The number of thiazole rings is 1. The normalized spacial score (nSPS) is 14.8. The predicted octanol–water partition coefficient (Wildman–Crippen LogP) is 5.82. The molecule has 3 rings (SSSR count). The van der Waals surface area contributed by atoms with Crippen LogP contribution in [0.15, 0.2) is 41.0 Å². The van der Waals surface area contributed by atoms with Crippen LogP contribution in [0.2, 0.25) is 5.02 Å². The molecular formula is C20H24ClN2O4PS. The van der Waals surface area contributed by atoms with Gasteiger partial charge in [0.1, 0.15) is 11.0 Å². The van der Waals surface area contributed by atoms with Crippen LogP contribution >= 0.6 is 30.5 Å². The van der Waals surface area contributed by atoms with Crippen molar-refractivity contribution in [1.29, 1.82) is 0 Å². The molecule has 2 unspecified atom stereocenters. The molecular weight excluding hydrogens is 431 g/mol. The van der Waals surface area contributed by atoms with Crippen molar-refractivity contribution in [3.63, 3.8) is 0 Å². The fraction of sp³-hybridized carbons (Fsp3) is 0.350.